The van der Waals surface area contributed by atoms with Crippen molar-refractivity contribution in [3.8, 4) is 0 Å². The van der Waals surface area contributed by atoms with E-state index >= 15 is 0 Å². The van der Waals surface area contributed by atoms with Crippen molar-refractivity contribution in [1.29, 1.82) is 0 Å². The highest BCUT2D eigenvalue weighted by Crippen LogP contribution is 2.33. The van der Waals surface area contributed by atoms with Gasteiger partial charge < -0.3 is 15.4 Å². The molecule has 3 aromatic rings. The van der Waals surface area contributed by atoms with Gasteiger partial charge in [0.2, 0.25) is 5.95 Å². The molecule has 6 nitrogen and oxygen atoms in total. The highest BCUT2D eigenvalue weighted by Gasteiger charge is 2.20. The van der Waals surface area contributed by atoms with Crippen LogP contribution in [0, 0.1) is 0 Å². The molecule has 1 aliphatic rings. The third-order valence-electron chi connectivity index (χ3n) is 4.60. The van der Waals surface area contributed by atoms with Gasteiger partial charge in [-0.3, -0.25) is 0 Å². The van der Waals surface area contributed by atoms with E-state index in [1.54, 1.807) is 6.20 Å². The summed E-state index contributed by atoms with van der Waals surface area (Å²) in [5.74, 6) is 1.36. The van der Waals surface area contributed by atoms with Crippen LogP contribution in [0.3, 0.4) is 0 Å². The third kappa shape index (κ3) is 4.02. The molecule has 0 saturated carbocycles. The lowest BCUT2D eigenvalue weighted by Gasteiger charge is -2.27. The minimum absolute atomic E-state index is 0.00447. The molecule has 1 aromatic carbocycles. The third-order valence-corrected chi connectivity index (χ3v) is 4.91. The van der Waals surface area contributed by atoms with Gasteiger partial charge in [-0.2, -0.15) is 9.97 Å². The molecule has 7 heteroatoms. The van der Waals surface area contributed by atoms with Crippen molar-refractivity contribution in [3.63, 3.8) is 0 Å². The summed E-state index contributed by atoms with van der Waals surface area (Å²) < 4.78 is 5.22. The van der Waals surface area contributed by atoms with Crippen molar-refractivity contribution in [2.24, 2.45) is 0 Å². The first-order chi connectivity index (χ1) is 13.0. The molecule has 2 N–H and O–H groups in total. The second kappa shape index (κ2) is 7.37. The quantitative estimate of drug-likeness (QED) is 0.636. The normalized spacial score (nSPS) is 14.8. The van der Waals surface area contributed by atoms with E-state index in [2.05, 4.69) is 68.0 Å². The molecule has 1 aliphatic heterocycles. The maximum absolute atomic E-state index is 5.22. The van der Waals surface area contributed by atoms with Gasteiger partial charge in [0.05, 0.1) is 24.6 Å². The molecule has 1 atom stereocenters. The van der Waals surface area contributed by atoms with Gasteiger partial charge in [-0.05, 0) is 23.3 Å². The molecule has 0 spiro atoms. The van der Waals surface area contributed by atoms with Crippen LogP contribution in [0.15, 0.2) is 42.6 Å². The fourth-order valence-corrected chi connectivity index (χ4v) is 3.43. The second-order valence-electron chi connectivity index (χ2n) is 7.38. The number of nitrogens with one attached hydrogen (secondary N) is 2. The molecule has 0 amide bonds. The fourth-order valence-electron chi connectivity index (χ4n) is 3.15. The van der Waals surface area contributed by atoms with Gasteiger partial charge in [0.1, 0.15) is 5.82 Å². The average molecular weight is 381 g/mol. The topological polar surface area (TPSA) is 72.0 Å². The van der Waals surface area contributed by atoms with E-state index in [0.717, 1.165) is 11.2 Å². The summed E-state index contributed by atoms with van der Waals surface area (Å²) in [4.78, 5) is 13.6. The van der Waals surface area contributed by atoms with Crippen molar-refractivity contribution in [2.75, 3.05) is 23.8 Å². The molecule has 0 bridgehead atoms. The number of benzene rings is 1. The number of hydrogen-bond acceptors (Lipinski definition) is 6. The minimum Gasteiger partial charge on any atom is -0.377 e. The van der Waals surface area contributed by atoms with Crippen LogP contribution >= 0.6 is 9.24 Å². The first kappa shape index (κ1) is 18.1. The number of rotatable bonds is 6. The number of aromatic nitrogens is 3. The maximum atomic E-state index is 5.22. The zero-order chi connectivity index (χ0) is 18.9. The highest BCUT2D eigenvalue weighted by molar-refractivity contribution is 7.18. The van der Waals surface area contributed by atoms with Crippen LogP contribution < -0.4 is 10.6 Å². The largest absolute Gasteiger partial charge is 0.377 e. The maximum Gasteiger partial charge on any atom is 0.227 e. The summed E-state index contributed by atoms with van der Waals surface area (Å²) >= 11 is 0. The summed E-state index contributed by atoms with van der Waals surface area (Å²) in [5, 5.41) is 7.73. The van der Waals surface area contributed by atoms with Crippen LogP contribution in [0.1, 0.15) is 25.0 Å². The van der Waals surface area contributed by atoms with Crippen LogP contribution in [-0.4, -0.2) is 34.2 Å². The zero-order valence-electron chi connectivity index (χ0n) is 15.6. The molecule has 27 heavy (non-hydrogen) atoms. The Balaban J connectivity index is 1.63. The van der Waals surface area contributed by atoms with E-state index in [0.29, 0.717) is 31.4 Å². The van der Waals surface area contributed by atoms with Crippen molar-refractivity contribution in [2.45, 2.75) is 31.6 Å². The zero-order valence-corrected chi connectivity index (χ0v) is 16.7. The van der Waals surface area contributed by atoms with Gasteiger partial charge >= 0.3 is 0 Å². The fraction of sp³-hybridized carbons (Fsp3) is 0.350. The van der Waals surface area contributed by atoms with Gasteiger partial charge in [-0.25, -0.2) is 4.98 Å². The van der Waals surface area contributed by atoms with E-state index < -0.39 is 0 Å². The van der Waals surface area contributed by atoms with Gasteiger partial charge in [0.25, 0.3) is 0 Å². The Bertz CT molecular complexity index is 953. The predicted octanol–water partition coefficient (Wildman–Crippen LogP) is 3.56. The molecule has 2 aromatic heterocycles. The molecule has 1 unspecified atom stereocenters. The molecule has 3 heterocycles. The van der Waals surface area contributed by atoms with Crippen LogP contribution in [0.2, 0.25) is 0 Å². The Morgan fingerprint density at radius 3 is 2.70 bits per heavy atom. The van der Waals surface area contributed by atoms with Crippen molar-refractivity contribution in [1.82, 2.24) is 15.0 Å². The number of hydrogen-bond donors (Lipinski definition) is 2. The van der Waals surface area contributed by atoms with E-state index in [9.17, 15) is 0 Å². The van der Waals surface area contributed by atoms with Crippen LogP contribution in [0.4, 0.5) is 11.8 Å². The van der Waals surface area contributed by atoms with E-state index in [1.165, 1.54) is 11.1 Å². The van der Waals surface area contributed by atoms with Crippen molar-refractivity contribution >= 4 is 32.0 Å². The molecular weight excluding hydrogens is 357 g/mol. The summed E-state index contributed by atoms with van der Waals surface area (Å²) in [6.07, 6.45) is 1.75. The Labute approximate surface area is 161 Å². The summed E-state index contributed by atoms with van der Waals surface area (Å²) in [5.41, 5.74) is 3.22. The van der Waals surface area contributed by atoms with Gasteiger partial charge in [0, 0.05) is 17.9 Å². The standard InChI is InChI=1S/C20H24N5OP/c1-20(2,27)16-8-4-3-6-13(16)10-22-18-15-7-5-9-21-17(15)24-19(25-18)23-14-11-26-12-14/h3-9,14H,10-12,27H2,1-2H3,(H2,21,22,23,24,25). The number of nitrogens with zero attached hydrogens (tertiary/aromatic N) is 3. The van der Waals surface area contributed by atoms with Gasteiger partial charge in [-0.1, -0.05) is 38.1 Å². The minimum atomic E-state index is 0.00447. The van der Waals surface area contributed by atoms with E-state index in [-0.39, 0.29) is 11.2 Å². The van der Waals surface area contributed by atoms with E-state index in [1.807, 2.05) is 12.1 Å². The van der Waals surface area contributed by atoms with Crippen molar-refractivity contribution in [3.05, 3.63) is 53.7 Å². The number of ether oxygens (including phenoxy) is 1. The van der Waals surface area contributed by atoms with Crippen LogP contribution in [-0.2, 0) is 16.4 Å². The number of pyridine rings is 1. The van der Waals surface area contributed by atoms with Crippen molar-refractivity contribution < 1.29 is 4.74 Å². The van der Waals surface area contributed by atoms with Gasteiger partial charge in [0.15, 0.2) is 5.65 Å². The lowest BCUT2D eigenvalue weighted by molar-refractivity contribution is 0.0208. The molecule has 1 fully saturated rings. The summed E-state index contributed by atoms with van der Waals surface area (Å²) in [6.45, 7) is 6.44. The Hall–Kier alpha value is -2.30. The first-order valence-electron chi connectivity index (χ1n) is 9.09. The van der Waals surface area contributed by atoms with Crippen LogP contribution in [0.25, 0.3) is 11.0 Å². The molecular formula is C20H24N5OP. The monoisotopic (exact) mass is 381 g/mol. The first-order valence-corrected chi connectivity index (χ1v) is 9.66. The summed E-state index contributed by atoms with van der Waals surface area (Å²) in [7, 11) is 2.92. The predicted molar refractivity (Wildman–Crippen MR) is 112 cm³/mol. The second-order valence-corrected chi connectivity index (χ2v) is 8.82. The number of anilines is 2. The summed E-state index contributed by atoms with van der Waals surface area (Å²) in [6, 6.07) is 12.6. The highest BCUT2D eigenvalue weighted by atomic mass is 31.0. The Morgan fingerprint density at radius 1 is 1.15 bits per heavy atom. The Kier molecular flexibility index (Phi) is 4.94. The van der Waals surface area contributed by atoms with Gasteiger partial charge in [-0.15, -0.1) is 9.24 Å². The molecule has 0 radical (unpaired) electrons. The molecule has 4 rings (SSSR count). The number of fused-ring (bicyclic) bond motifs is 1. The average Bonchev–Trinajstić information content (AvgIpc) is 2.62. The lowest BCUT2D eigenvalue weighted by Crippen LogP contribution is -2.40. The van der Waals surface area contributed by atoms with Crippen LogP contribution in [0.5, 0.6) is 0 Å². The smallest absolute Gasteiger partial charge is 0.227 e. The van der Waals surface area contributed by atoms with E-state index in [4.69, 9.17) is 9.72 Å². The molecule has 1 saturated heterocycles. The Morgan fingerprint density at radius 2 is 1.96 bits per heavy atom. The molecule has 140 valence electrons. The lowest BCUT2D eigenvalue weighted by atomic mass is 9.96. The SMILES string of the molecule is CC(C)(P)c1ccccc1CNc1nc(NC2COC2)nc2ncccc12. The molecule has 0 aliphatic carbocycles.